The lowest BCUT2D eigenvalue weighted by atomic mass is 9.98. The number of hydrogen-bond donors (Lipinski definition) is 2. The number of carbonyl (C=O) groups excluding carboxylic acids is 1. The third kappa shape index (κ3) is 4.22. The Hall–Kier alpha value is -4.02. The van der Waals surface area contributed by atoms with E-state index in [0.717, 1.165) is 28.3 Å². The fraction of sp³-hybridized carbons (Fsp3) is 0.125. The Bertz CT molecular complexity index is 1230. The van der Waals surface area contributed by atoms with Crippen LogP contribution in [0.5, 0.6) is 0 Å². The first kappa shape index (κ1) is 21.2. The van der Waals surface area contributed by atoms with Gasteiger partial charge in [-0.25, -0.2) is 4.79 Å². The number of nitrogens with two attached hydrogens (primary N) is 1. The van der Waals surface area contributed by atoms with E-state index in [1.165, 1.54) is 6.07 Å². The predicted octanol–water partition coefficient (Wildman–Crippen LogP) is 4.72. The van der Waals surface area contributed by atoms with Crippen molar-refractivity contribution in [3.05, 3.63) is 92.5 Å². The van der Waals surface area contributed by atoms with Crippen molar-refractivity contribution in [1.29, 1.82) is 0 Å². The van der Waals surface area contributed by atoms with Crippen LogP contribution in [0, 0.1) is 22.0 Å². The number of alkyl carbamates (subject to hydrolysis) is 1. The van der Waals surface area contributed by atoms with Crippen molar-refractivity contribution >= 4 is 29.1 Å². The first-order chi connectivity index (χ1) is 15.5. The number of carbonyl (C=O) groups is 1. The van der Waals surface area contributed by atoms with Crippen LogP contribution in [0.4, 0.5) is 16.2 Å². The molecular formula is C24H18ClN3O4. The number of anilines is 1. The molecule has 0 aliphatic heterocycles. The Morgan fingerprint density at radius 1 is 1.12 bits per heavy atom. The van der Waals surface area contributed by atoms with Gasteiger partial charge in [0, 0.05) is 17.0 Å². The molecule has 32 heavy (non-hydrogen) atoms. The van der Waals surface area contributed by atoms with Gasteiger partial charge in [0.25, 0.3) is 5.69 Å². The van der Waals surface area contributed by atoms with Crippen LogP contribution in [0.25, 0.3) is 11.1 Å². The molecule has 0 bridgehead atoms. The molecule has 1 aliphatic rings. The van der Waals surface area contributed by atoms with Crippen LogP contribution in [0.1, 0.15) is 22.6 Å². The third-order valence-electron chi connectivity index (χ3n) is 5.21. The van der Waals surface area contributed by atoms with Gasteiger partial charge in [0.05, 0.1) is 17.0 Å². The Balaban J connectivity index is 1.37. The van der Waals surface area contributed by atoms with E-state index < -0.39 is 11.0 Å². The van der Waals surface area contributed by atoms with E-state index in [4.69, 9.17) is 22.1 Å². The number of nitrogens with zero attached hydrogens (tertiary/aromatic N) is 1. The number of fused-ring (bicyclic) bond motifs is 3. The molecule has 0 heterocycles. The second kappa shape index (κ2) is 9.00. The molecule has 3 N–H and O–H groups in total. The predicted molar refractivity (Wildman–Crippen MR) is 122 cm³/mol. The molecule has 7 nitrogen and oxygen atoms in total. The normalized spacial score (nSPS) is 11.7. The van der Waals surface area contributed by atoms with Crippen molar-refractivity contribution in [2.75, 3.05) is 18.9 Å². The van der Waals surface area contributed by atoms with Gasteiger partial charge in [-0.1, -0.05) is 72.0 Å². The standard InChI is InChI=1S/C24H18ClN3O4/c25-16-12-15(23(26)22(13-16)28(30)31)6-5-11-27-24(29)32-14-21-19-9-3-1-7-17(19)18-8-2-4-10-20(18)21/h1-4,7-10,12-13,21H,11,14,26H2,(H,27,29). The van der Waals surface area contributed by atoms with Crippen molar-refractivity contribution in [1.82, 2.24) is 5.32 Å². The maximum absolute atomic E-state index is 12.2. The largest absolute Gasteiger partial charge is 0.449 e. The van der Waals surface area contributed by atoms with Gasteiger partial charge in [0.15, 0.2) is 0 Å². The zero-order valence-electron chi connectivity index (χ0n) is 16.8. The molecule has 0 radical (unpaired) electrons. The van der Waals surface area contributed by atoms with Gasteiger partial charge in [0.2, 0.25) is 0 Å². The summed E-state index contributed by atoms with van der Waals surface area (Å²) in [7, 11) is 0. The summed E-state index contributed by atoms with van der Waals surface area (Å²) in [6, 6.07) is 18.7. The molecule has 0 atom stereocenters. The molecule has 0 saturated heterocycles. The molecule has 0 fully saturated rings. The van der Waals surface area contributed by atoms with Crippen LogP contribution >= 0.6 is 11.6 Å². The van der Waals surface area contributed by atoms with Gasteiger partial charge < -0.3 is 15.8 Å². The summed E-state index contributed by atoms with van der Waals surface area (Å²) in [6.45, 7) is 0.178. The molecule has 3 aromatic carbocycles. The summed E-state index contributed by atoms with van der Waals surface area (Å²) >= 11 is 5.89. The summed E-state index contributed by atoms with van der Waals surface area (Å²) in [5.74, 6) is 5.36. The zero-order chi connectivity index (χ0) is 22.7. The van der Waals surface area contributed by atoms with Crippen LogP contribution in [-0.4, -0.2) is 24.2 Å². The number of nitrogen functional groups attached to an aromatic ring is 1. The third-order valence-corrected chi connectivity index (χ3v) is 5.43. The van der Waals surface area contributed by atoms with Gasteiger partial charge in [-0.05, 0) is 28.3 Å². The first-order valence-corrected chi connectivity index (χ1v) is 10.1. The summed E-state index contributed by atoms with van der Waals surface area (Å²) in [5, 5.41) is 13.7. The van der Waals surface area contributed by atoms with E-state index in [0.29, 0.717) is 0 Å². The number of halogens is 1. The maximum atomic E-state index is 12.2. The molecule has 0 unspecified atom stereocenters. The molecule has 160 valence electrons. The van der Waals surface area contributed by atoms with Crippen LogP contribution < -0.4 is 11.1 Å². The van der Waals surface area contributed by atoms with E-state index in [1.54, 1.807) is 0 Å². The summed E-state index contributed by atoms with van der Waals surface area (Å²) in [4.78, 5) is 22.6. The SMILES string of the molecule is Nc1c(C#CCNC(=O)OCC2c3ccccc3-c3ccccc32)cc(Cl)cc1[N+](=O)[O-]. The molecule has 0 spiro atoms. The lowest BCUT2D eigenvalue weighted by molar-refractivity contribution is -0.383. The average molecular weight is 448 g/mol. The monoisotopic (exact) mass is 447 g/mol. The highest BCUT2D eigenvalue weighted by molar-refractivity contribution is 6.31. The van der Waals surface area contributed by atoms with Gasteiger partial charge in [0.1, 0.15) is 12.3 Å². The fourth-order valence-electron chi connectivity index (χ4n) is 3.76. The average Bonchev–Trinajstić information content (AvgIpc) is 3.11. The second-order valence-corrected chi connectivity index (χ2v) is 7.56. The number of nitro groups is 1. The number of amides is 1. The molecule has 4 rings (SSSR count). The van der Waals surface area contributed by atoms with Gasteiger partial charge in [-0.15, -0.1) is 0 Å². The summed E-state index contributed by atoms with van der Waals surface area (Å²) in [5.41, 5.74) is 10.2. The molecule has 8 heteroatoms. The highest BCUT2D eigenvalue weighted by atomic mass is 35.5. The quantitative estimate of drug-likeness (QED) is 0.260. The first-order valence-electron chi connectivity index (χ1n) is 9.77. The summed E-state index contributed by atoms with van der Waals surface area (Å²) < 4.78 is 5.43. The number of ether oxygens (including phenoxy) is 1. The van der Waals surface area contributed by atoms with E-state index in [1.807, 2.05) is 36.4 Å². The maximum Gasteiger partial charge on any atom is 0.407 e. The van der Waals surface area contributed by atoms with Crippen molar-refractivity contribution in [3.63, 3.8) is 0 Å². The topological polar surface area (TPSA) is 107 Å². The zero-order valence-corrected chi connectivity index (χ0v) is 17.6. The molecular weight excluding hydrogens is 430 g/mol. The Kier molecular flexibility index (Phi) is 5.97. The van der Waals surface area contributed by atoms with Crippen molar-refractivity contribution in [2.45, 2.75) is 5.92 Å². The Morgan fingerprint density at radius 3 is 2.38 bits per heavy atom. The van der Waals surface area contributed by atoms with Crippen LogP contribution in [0.2, 0.25) is 5.02 Å². The van der Waals surface area contributed by atoms with Crippen LogP contribution in [0.3, 0.4) is 0 Å². The lowest BCUT2D eigenvalue weighted by Gasteiger charge is -2.14. The van der Waals surface area contributed by atoms with E-state index in [9.17, 15) is 14.9 Å². The van der Waals surface area contributed by atoms with Gasteiger partial charge in [-0.2, -0.15) is 0 Å². The minimum absolute atomic E-state index is 0.0174. The van der Waals surface area contributed by atoms with Crippen LogP contribution in [0.15, 0.2) is 60.7 Å². The van der Waals surface area contributed by atoms with E-state index in [2.05, 4.69) is 29.3 Å². The molecule has 1 amide bonds. The molecule has 0 saturated carbocycles. The van der Waals surface area contributed by atoms with Crippen molar-refractivity contribution < 1.29 is 14.5 Å². The molecule has 3 aromatic rings. The van der Waals surface area contributed by atoms with Gasteiger partial charge in [-0.3, -0.25) is 10.1 Å². The number of nitro benzene ring substituents is 1. The highest BCUT2D eigenvalue weighted by Crippen LogP contribution is 2.44. The smallest absolute Gasteiger partial charge is 0.407 e. The van der Waals surface area contributed by atoms with Crippen molar-refractivity contribution in [3.8, 4) is 23.0 Å². The number of nitrogens with one attached hydrogen (secondary N) is 1. The minimum atomic E-state index is -0.624. The van der Waals surface area contributed by atoms with Gasteiger partial charge >= 0.3 is 6.09 Å². The Labute approximate surface area is 189 Å². The number of hydrogen-bond acceptors (Lipinski definition) is 5. The van der Waals surface area contributed by atoms with Crippen molar-refractivity contribution in [2.24, 2.45) is 0 Å². The highest BCUT2D eigenvalue weighted by Gasteiger charge is 2.28. The number of rotatable bonds is 4. The van der Waals surface area contributed by atoms with Crippen LogP contribution in [-0.2, 0) is 4.74 Å². The minimum Gasteiger partial charge on any atom is -0.449 e. The summed E-state index contributed by atoms with van der Waals surface area (Å²) in [6.07, 6.45) is -0.605. The number of benzene rings is 3. The molecule has 0 aromatic heterocycles. The Morgan fingerprint density at radius 2 is 1.75 bits per heavy atom. The second-order valence-electron chi connectivity index (χ2n) is 7.12. The molecule has 1 aliphatic carbocycles. The fourth-order valence-corrected chi connectivity index (χ4v) is 3.98. The lowest BCUT2D eigenvalue weighted by Crippen LogP contribution is -2.26. The van der Waals surface area contributed by atoms with E-state index in [-0.39, 0.29) is 41.0 Å². The van der Waals surface area contributed by atoms with E-state index >= 15 is 0 Å².